The second-order valence-corrected chi connectivity index (χ2v) is 9.06. The number of thioether (sulfide) groups is 1. The lowest BCUT2D eigenvalue weighted by Gasteiger charge is -2.28. The maximum atomic E-state index is 12.8. The molecule has 1 amide bonds. The van der Waals surface area contributed by atoms with Gasteiger partial charge in [0.05, 0.1) is 36.8 Å². The number of ether oxygens (including phenoxy) is 3. The highest BCUT2D eigenvalue weighted by molar-refractivity contribution is 8.00. The number of para-hydroxylation sites is 2. The number of morpholine rings is 1. The van der Waals surface area contributed by atoms with Gasteiger partial charge in [-0.2, -0.15) is 8.78 Å². The molecule has 0 saturated carbocycles. The number of carbonyl (C=O) groups excluding carboxylic acids is 1. The summed E-state index contributed by atoms with van der Waals surface area (Å²) in [5.41, 5.74) is 0.185. The zero-order valence-corrected chi connectivity index (χ0v) is 19.1. The Balaban J connectivity index is 1.48. The van der Waals surface area contributed by atoms with E-state index in [1.807, 2.05) is 4.57 Å². The van der Waals surface area contributed by atoms with Crippen LogP contribution in [-0.4, -0.2) is 71.5 Å². The molecule has 12 heteroatoms. The number of carbonyl (C=O) groups is 1. The summed E-state index contributed by atoms with van der Waals surface area (Å²) in [7, 11) is 0. The molecule has 9 nitrogen and oxygen atoms in total. The van der Waals surface area contributed by atoms with Gasteiger partial charge in [-0.3, -0.25) is 9.36 Å². The Bertz CT molecular complexity index is 935. The van der Waals surface area contributed by atoms with Gasteiger partial charge in [-0.15, -0.1) is 10.2 Å². The van der Waals surface area contributed by atoms with Gasteiger partial charge in [-0.05, 0) is 31.9 Å². The lowest BCUT2D eigenvalue weighted by molar-refractivity contribution is -0.115. The van der Waals surface area contributed by atoms with Gasteiger partial charge in [-0.25, -0.2) is 0 Å². The average molecular weight is 484 g/mol. The minimum atomic E-state index is -2.98. The van der Waals surface area contributed by atoms with Crippen molar-refractivity contribution in [3.63, 3.8) is 0 Å². The molecular formula is C21H27F2N5O4S. The minimum absolute atomic E-state index is 0.0719. The van der Waals surface area contributed by atoms with Gasteiger partial charge in [0.25, 0.3) is 0 Å². The van der Waals surface area contributed by atoms with Crippen LogP contribution in [0.5, 0.6) is 5.75 Å². The first kappa shape index (κ1) is 23.7. The molecule has 2 aromatic rings. The molecular weight excluding hydrogens is 456 g/mol. The third-order valence-electron chi connectivity index (χ3n) is 5.41. The van der Waals surface area contributed by atoms with Crippen LogP contribution in [-0.2, 0) is 20.8 Å². The number of nitrogens with one attached hydrogen (secondary N) is 1. The number of hydrogen-bond donors (Lipinski definition) is 1. The highest BCUT2D eigenvalue weighted by Gasteiger charge is 2.27. The Morgan fingerprint density at radius 1 is 1.27 bits per heavy atom. The highest BCUT2D eigenvalue weighted by atomic mass is 32.2. The summed E-state index contributed by atoms with van der Waals surface area (Å²) in [4.78, 5) is 15.0. The van der Waals surface area contributed by atoms with Crippen LogP contribution in [0, 0.1) is 0 Å². The Morgan fingerprint density at radius 2 is 2.06 bits per heavy atom. The fourth-order valence-corrected chi connectivity index (χ4v) is 4.59. The molecule has 33 heavy (non-hydrogen) atoms. The van der Waals surface area contributed by atoms with E-state index in [0.717, 1.165) is 25.4 Å². The number of hydrogen-bond acceptors (Lipinski definition) is 8. The quantitative estimate of drug-likeness (QED) is 0.545. The molecule has 0 aliphatic carbocycles. The number of amides is 1. The number of aromatic nitrogens is 3. The van der Waals surface area contributed by atoms with Crippen molar-refractivity contribution in [2.45, 2.75) is 49.4 Å². The van der Waals surface area contributed by atoms with Crippen LogP contribution < -0.4 is 15.0 Å². The standard InChI is InChI=1S/C21H27F2N5O4S/c1-14(18(29)24-16-6-2-3-7-17(16)32-19(22)23)33-21-26-25-20(27-8-11-30-12-9-27)28(21)13-15-5-4-10-31-15/h2-3,6-7,14-15,19H,4-5,8-13H2,1H3,(H,24,29). The highest BCUT2D eigenvalue weighted by Crippen LogP contribution is 2.30. The number of halogens is 2. The van der Waals surface area contributed by atoms with Crippen molar-refractivity contribution in [1.29, 1.82) is 0 Å². The summed E-state index contributed by atoms with van der Waals surface area (Å²) < 4.78 is 43.1. The van der Waals surface area contributed by atoms with Crippen LogP contribution in [0.25, 0.3) is 0 Å². The van der Waals surface area contributed by atoms with Gasteiger partial charge in [0.1, 0.15) is 5.75 Å². The molecule has 0 radical (unpaired) electrons. The molecule has 1 aromatic carbocycles. The smallest absolute Gasteiger partial charge is 0.387 e. The molecule has 2 saturated heterocycles. The fourth-order valence-electron chi connectivity index (χ4n) is 3.73. The van der Waals surface area contributed by atoms with E-state index in [2.05, 4.69) is 25.2 Å². The van der Waals surface area contributed by atoms with Crippen LogP contribution in [0.15, 0.2) is 29.4 Å². The van der Waals surface area contributed by atoms with Crippen molar-refractivity contribution in [2.24, 2.45) is 0 Å². The summed E-state index contributed by atoms with van der Waals surface area (Å²) in [5.74, 6) is 0.290. The number of benzene rings is 1. The van der Waals surface area contributed by atoms with Crippen LogP contribution in [0.3, 0.4) is 0 Å². The molecule has 1 N–H and O–H groups in total. The maximum Gasteiger partial charge on any atom is 0.387 e. The van der Waals surface area contributed by atoms with E-state index in [0.29, 0.717) is 38.0 Å². The molecule has 180 valence electrons. The van der Waals surface area contributed by atoms with E-state index in [1.54, 1.807) is 19.1 Å². The summed E-state index contributed by atoms with van der Waals surface area (Å²) >= 11 is 1.26. The van der Waals surface area contributed by atoms with Crippen molar-refractivity contribution >= 4 is 29.3 Å². The molecule has 3 heterocycles. The van der Waals surface area contributed by atoms with Crippen LogP contribution >= 0.6 is 11.8 Å². The number of alkyl halides is 2. The Morgan fingerprint density at radius 3 is 2.79 bits per heavy atom. The first-order valence-corrected chi connectivity index (χ1v) is 11.8. The first-order chi connectivity index (χ1) is 16.0. The topological polar surface area (TPSA) is 90.7 Å². The molecule has 1 aromatic heterocycles. The summed E-state index contributed by atoms with van der Waals surface area (Å²) in [6, 6.07) is 6.10. The Hall–Kier alpha value is -2.44. The average Bonchev–Trinajstić information content (AvgIpc) is 3.46. The molecule has 2 fully saturated rings. The molecule has 4 rings (SSSR count). The van der Waals surface area contributed by atoms with Crippen molar-refractivity contribution < 1.29 is 27.8 Å². The predicted octanol–water partition coefficient (Wildman–Crippen LogP) is 3.01. The van der Waals surface area contributed by atoms with Gasteiger partial charge in [0.15, 0.2) is 5.16 Å². The summed E-state index contributed by atoms with van der Waals surface area (Å²) in [5, 5.41) is 11.5. The van der Waals surface area contributed by atoms with Gasteiger partial charge >= 0.3 is 6.61 Å². The predicted molar refractivity (Wildman–Crippen MR) is 119 cm³/mol. The Labute approximate surface area is 194 Å². The summed E-state index contributed by atoms with van der Waals surface area (Å²) in [6.45, 7) is 2.75. The van der Waals surface area contributed by atoms with Crippen LogP contribution in [0.2, 0.25) is 0 Å². The van der Waals surface area contributed by atoms with Crippen molar-refractivity contribution in [3.05, 3.63) is 24.3 Å². The second kappa shape index (κ2) is 11.1. The van der Waals surface area contributed by atoms with E-state index >= 15 is 0 Å². The molecule has 2 unspecified atom stereocenters. The maximum absolute atomic E-state index is 12.8. The monoisotopic (exact) mass is 483 g/mol. The first-order valence-electron chi connectivity index (χ1n) is 10.9. The van der Waals surface area contributed by atoms with E-state index in [9.17, 15) is 13.6 Å². The van der Waals surface area contributed by atoms with E-state index in [1.165, 1.54) is 23.9 Å². The van der Waals surface area contributed by atoms with Crippen molar-refractivity contribution in [1.82, 2.24) is 14.8 Å². The lowest BCUT2D eigenvalue weighted by Crippen LogP contribution is -2.38. The normalized spacial score (nSPS) is 19.6. The van der Waals surface area contributed by atoms with Gasteiger partial charge in [0.2, 0.25) is 11.9 Å². The van der Waals surface area contributed by atoms with E-state index in [-0.39, 0.29) is 23.4 Å². The lowest BCUT2D eigenvalue weighted by atomic mass is 10.2. The number of anilines is 2. The summed E-state index contributed by atoms with van der Waals surface area (Å²) in [6.07, 6.45) is 2.05. The van der Waals surface area contributed by atoms with Crippen LogP contribution in [0.1, 0.15) is 19.8 Å². The van der Waals surface area contributed by atoms with Gasteiger partial charge < -0.3 is 24.4 Å². The number of nitrogens with zero attached hydrogens (tertiary/aromatic N) is 4. The SMILES string of the molecule is CC(Sc1nnc(N2CCOCC2)n1CC1CCCO1)C(=O)Nc1ccccc1OC(F)F. The fraction of sp³-hybridized carbons (Fsp3) is 0.571. The zero-order valence-electron chi connectivity index (χ0n) is 18.3. The second-order valence-electron chi connectivity index (χ2n) is 7.75. The Kier molecular flexibility index (Phi) is 7.99. The number of rotatable bonds is 9. The zero-order chi connectivity index (χ0) is 23.2. The molecule has 0 spiro atoms. The molecule has 0 bridgehead atoms. The van der Waals surface area contributed by atoms with Gasteiger partial charge in [0, 0.05) is 19.7 Å². The third kappa shape index (κ3) is 6.12. The molecule has 2 atom stereocenters. The molecule has 2 aliphatic rings. The van der Waals surface area contributed by atoms with E-state index < -0.39 is 11.9 Å². The minimum Gasteiger partial charge on any atom is -0.433 e. The largest absolute Gasteiger partial charge is 0.433 e. The van der Waals surface area contributed by atoms with Crippen molar-refractivity contribution in [3.8, 4) is 5.75 Å². The third-order valence-corrected chi connectivity index (χ3v) is 6.49. The molecule has 2 aliphatic heterocycles. The van der Waals surface area contributed by atoms with Crippen molar-refractivity contribution in [2.75, 3.05) is 43.1 Å². The van der Waals surface area contributed by atoms with Gasteiger partial charge in [-0.1, -0.05) is 23.9 Å². The van der Waals surface area contributed by atoms with Crippen LogP contribution in [0.4, 0.5) is 20.4 Å². The van der Waals surface area contributed by atoms with E-state index in [4.69, 9.17) is 9.47 Å².